The van der Waals surface area contributed by atoms with Crippen molar-refractivity contribution in [1.29, 1.82) is 0 Å². The van der Waals surface area contributed by atoms with Gasteiger partial charge in [0.15, 0.2) is 0 Å². The second kappa shape index (κ2) is 15.7. The van der Waals surface area contributed by atoms with Gasteiger partial charge in [-0.2, -0.15) is 0 Å². The first kappa shape index (κ1) is 35.0. The third-order valence-corrected chi connectivity index (χ3v) is 8.11. The maximum atomic E-state index is 13.7. The van der Waals surface area contributed by atoms with Gasteiger partial charge >= 0.3 is 11.9 Å². The molecule has 256 valence electrons. The molecule has 12 nitrogen and oxygen atoms in total. The van der Waals surface area contributed by atoms with Gasteiger partial charge in [0.25, 0.3) is 0 Å². The Labute approximate surface area is 283 Å². The van der Waals surface area contributed by atoms with Gasteiger partial charge in [0.05, 0.1) is 34.8 Å². The van der Waals surface area contributed by atoms with Crippen LogP contribution in [0.2, 0.25) is 5.02 Å². The smallest absolute Gasteiger partial charge is 0.323 e. The molecule has 1 aliphatic heterocycles. The number of amides is 1. The lowest BCUT2D eigenvalue weighted by Gasteiger charge is -2.33. The average molecular weight is 683 g/mol. The van der Waals surface area contributed by atoms with Gasteiger partial charge in [-0.05, 0) is 63.8 Å². The van der Waals surface area contributed by atoms with Gasteiger partial charge in [-0.1, -0.05) is 17.7 Å². The molecule has 14 heteroatoms. The molecule has 0 atom stereocenters. The first-order chi connectivity index (χ1) is 22.9. The minimum absolute atomic E-state index is 0.0203. The van der Waals surface area contributed by atoms with Gasteiger partial charge in [-0.3, -0.25) is 24.2 Å². The molecule has 3 aromatic rings. The summed E-state index contributed by atoms with van der Waals surface area (Å²) >= 11 is 5.96. The molecule has 2 aliphatic rings. The normalized spacial score (nSPS) is 15.8. The van der Waals surface area contributed by atoms with Crippen molar-refractivity contribution in [3.8, 4) is 5.75 Å². The molecule has 2 aromatic carbocycles. The number of hydrogen-bond acceptors (Lipinski definition) is 11. The van der Waals surface area contributed by atoms with E-state index in [1.807, 2.05) is 4.90 Å². The number of carbonyl (C=O) groups excluding carboxylic acids is 3. The molecule has 2 N–H and O–H groups in total. The number of halogens is 2. The Morgan fingerprint density at radius 3 is 2.50 bits per heavy atom. The van der Waals surface area contributed by atoms with Gasteiger partial charge in [-0.25, -0.2) is 14.4 Å². The van der Waals surface area contributed by atoms with Crippen LogP contribution in [0.4, 0.5) is 21.6 Å². The highest BCUT2D eigenvalue weighted by Gasteiger charge is 2.25. The number of esters is 2. The van der Waals surface area contributed by atoms with Crippen LogP contribution < -0.4 is 15.4 Å². The summed E-state index contributed by atoms with van der Waals surface area (Å²) in [5, 5.41) is 6.70. The van der Waals surface area contributed by atoms with Gasteiger partial charge in [0.1, 0.15) is 23.7 Å². The van der Waals surface area contributed by atoms with E-state index >= 15 is 0 Å². The molecular weight excluding hydrogens is 643 g/mol. The van der Waals surface area contributed by atoms with E-state index in [1.54, 1.807) is 45.0 Å². The molecule has 48 heavy (non-hydrogen) atoms. The van der Waals surface area contributed by atoms with Crippen LogP contribution in [-0.2, 0) is 23.9 Å². The van der Waals surface area contributed by atoms with Crippen LogP contribution in [0.15, 0.2) is 48.8 Å². The SMILES string of the molecule is CC(C)(C)C(=O)OCOC(=O)CN1CCN(CC=CC(=O)Nc2cc3c(Nc4ccc(F)c(Cl)c4)ncnc3cc2OCC2CC2)CC1. The first-order valence-electron chi connectivity index (χ1n) is 15.8. The molecule has 0 spiro atoms. The summed E-state index contributed by atoms with van der Waals surface area (Å²) in [6.45, 7) is 8.70. The second-order valence-electron chi connectivity index (χ2n) is 12.9. The third kappa shape index (κ3) is 10.1. The number of aromatic nitrogens is 2. The zero-order valence-corrected chi connectivity index (χ0v) is 28.0. The number of fused-ring (bicyclic) bond motifs is 1. The molecule has 1 saturated carbocycles. The lowest BCUT2D eigenvalue weighted by atomic mass is 9.98. The molecule has 2 heterocycles. The summed E-state index contributed by atoms with van der Waals surface area (Å²) in [5.41, 5.74) is 0.961. The molecule has 0 radical (unpaired) electrons. The minimum Gasteiger partial charge on any atom is -0.491 e. The quantitative estimate of drug-likeness (QED) is 0.141. The Hall–Kier alpha value is -4.33. The third-order valence-electron chi connectivity index (χ3n) is 7.82. The lowest BCUT2D eigenvalue weighted by Crippen LogP contribution is -2.48. The summed E-state index contributed by atoms with van der Waals surface area (Å²) in [6, 6.07) is 7.82. The maximum absolute atomic E-state index is 13.7. The van der Waals surface area contributed by atoms with Gasteiger partial charge in [-0.15, -0.1) is 0 Å². The number of carbonyl (C=O) groups is 3. The topological polar surface area (TPSA) is 135 Å². The van der Waals surface area contributed by atoms with Crippen molar-refractivity contribution >= 4 is 57.5 Å². The summed E-state index contributed by atoms with van der Waals surface area (Å²) in [5.74, 6) is -0.272. The predicted octanol–water partition coefficient (Wildman–Crippen LogP) is 5.16. The zero-order valence-electron chi connectivity index (χ0n) is 27.3. The van der Waals surface area contributed by atoms with Gasteiger partial charge in [0, 0.05) is 55.9 Å². The van der Waals surface area contributed by atoms with E-state index in [0.29, 0.717) is 79.1 Å². The number of nitrogens with one attached hydrogen (secondary N) is 2. The predicted molar refractivity (Wildman–Crippen MR) is 180 cm³/mol. The number of piperazine rings is 1. The number of anilines is 3. The highest BCUT2D eigenvalue weighted by Crippen LogP contribution is 2.36. The van der Waals surface area contributed by atoms with Crippen molar-refractivity contribution in [2.24, 2.45) is 11.3 Å². The van der Waals surface area contributed by atoms with E-state index < -0.39 is 30.0 Å². The van der Waals surface area contributed by atoms with Gasteiger partial charge < -0.3 is 24.8 Å². The number of hydrogen-bond donors (Lipinski definition) is 2. The molecule has 2 fully saturated rings. The lowest BCUT2D eigenvalue weighted by molar-refractivity contribution is -0.173. The average Bonchev–Trinajstić information content (AvgIpc) is 3.87. The van der Waals surface area contributed by atoms with Crippen LogP contribution in [0, 0.1) is 17.2 Å². The Morgan fingerprint density at radius 2 is 1.79 bits per heavy atom. The molecular formula is C34H40ClFN6O6. The van der Waals surface area contributed by atoms with Gasteiger partial charge in [0.2, 0.25) is 12.7 Å². The fraction of sp³-hybridized carbons (Fsp3) is 0.441. The summed E-state index contributed by atoms with van der Waals surface area (Å²) in [7, 11) is 0. The standard InChI is InChI=1S/C34H40ClFN6O6/c1-34(2,3)33(45)48-21-47-31(44)18-42-13-11-41(12-14-42)10-4-5-30(43)40-28-16-24-27(17-29(28)46-19-22-6-7-22)37-20-38-32(24)39-23-8-9-26(36)25(35)15-23/h4-5,8-9,15-17,20,22H,6-7,10-14,18-19,21H2,1-3H3,(H,40,43)(H,37,38,39). The Kier molecular flexibility index (Phi) is 11.5. The van der Waals surface area contributed by atoms with Crippen molar-refractivity contribution in [3.63, 3.8) is 0 Å². The fourth-order valence-corrected chi connectivity index (χ4v) is 4.99. The van der Waals surface area contributed by atoms with Crippen molar-refractivity contribution < 1.29 is 33.0 Å². The highest BCUT2D eigenvalue weighted by atomic mass is 35.5. The van der Waals surface area contributed by atoms with E-state index in [-0.39, 0.29) is 17.5 Å². The minimum atomic E-state index is -0.665. The second-order valence-corrected chi connectivity index (χ2v) is 13.3. The Balaban J connectivity index is 1.15. The van der Waals surface area contributed by atoms with Crippen LogP contribution in [-0.4, -0.2) is 90.3 Å². The van der Waals surface area contributed by atoms with E-state index in [4.69, 9.17) is 25.8 Å². The van der Waals surface area contributed by atoms with Crippen molar-refractivity contribution in [2.45, 2.75) is 33.6 Å². The molecule has 0 unspecified atom stereocenters. The zero-order chi connectivity index (χ0) is 34.3. The number of benzene rings is 2. The Morgan fingerprint density at radius 1 is 1.04 bits per heavy atom. The summed E-state index contributed by atoms with van der Waals surface area (Å²) in [4.78, 5) is 49.9. The number of nitrogens with zero attached hydrogens (tertiary/aromatic N) is 4. The van der Waals surface area contributed by atoms with E-state index in [1.165, 1.54) is 24.5 Å². The molecule has 1 amide bonds. The maximum Gasteiger partial charge on any atom is 0.323 e. The number of rotatable bonds is 13. The highest BCUT2D eigenvalue weighted by molar-refractivity contribution is 6.31. The number of ether oxygens (including phenoxy) is 3. The van der Waals surface area contributed by atoms with Crippen LogP contribution in [0.5, 0.6) is 5.75 Å². The Bertz CT molecular complexity index is 1670. The van der Waals surface area contributed by atoms with Crippen LogP contribution in [0.25, 0.3) is 10.9 Å². The van der Waals surface area contributed by atoms with Crippen molar-refractivity contribution in [3.05, 3.63) is 59.7 Å². The van der Waals surface area contributed by atoms with Crippen LogP contribution >= 0.6 is 11.6 Å². The van der Waals surface area contributed by atoms with Crippen LogP contribution in [0.3, 0.4) is 0 Å². The van der Waals surface area contributed by atoms with E-state index in [2.05, 4.69) is 25.5 Å². The molecule has 0 bridgehead atoms. The van der Waals surface area contributed by atoms with Crippen molar-refractivity contribution in [2.75, 3.05) is 63.3 Å². The summed E-state index contributed by atoms with van der Waals surface area (Å²) < 4.78 is 29.8. The van der Waals surface area contributed by atoms with E-state index in [0.717, 1.165) is 12.8 Å². The largest absolute Gasteiger partial charge is 0.491 e. The fourth-order valence-electron chi connectivity index (χ4n) is 4.81. The first-order valence-corrected chi connectivity index (χ1v) is 16.2. The van der Waals surface area contributed by atoms with E-state index in [9.17, 15) is 18.8 Å². The van der Waals surface area contributed by atoms with Crippen LogP contribution in [0.1, 0.15) is 33.6 Å². The summed E-state index contributed by atoms with van der Waals surface area (Å²) in [6.07, 6.45) is 6.92. The molecule has 5 rings (SSSR count). The van der Waals surface area contributed by atoms with Crippen molar-refractivity contribution in [1.82, 2.24) is 19.8 Å². The molecule has 1 aliphatic carbocycles. The monoisotopic (exact) mass is 682 g/mol. The molecule has 1 aromatic heterocycles. The molecule has 1 saturated heterocycles.